The first kappa shape index (κ1) is 39.4. The van der Waals surface area contributed by atoms with Gasteiger partial charge >= 0.3 is 0 Å². The lowest BCUT2D eigenvalue weighted by molar-refractivity contribution is 1.18. The number of nitrogens with one attached hydrogen (secondary N) is 1. The summed E-state index contributed by atoms with van der Waals surface area (Å²) in [4.78, 5) is 2.35. The monoisotopic (exact) mass is 833 g/mol. The van der Waals surface area contributed by atoms with Crippen LogP contribution in [0, 0.1) is 13.8 Å². The maximum absolute atomic E-state index is 3.73. The summed E-state index contributed by atoms with van der Waals surface area (Å²) in [5, 5.41) is 6.26. The van der Waals surface area contributed by atoms with Crippen molar-refractivity contribution in [3.8, 4) is 50.2 Å². The van der Waals surface area contributed by atoms with Gasteiger partial charge in [-0.05, 0) is 137 Å². The Balaban J connectivity index is 0.921. The number of fused-ring (bicyclic) bond motifs is 3. The van der Waals surface area contributed by atoms with E-state index in [1.165, 1.54) is 60.8 Å². The van der Waals surface area contributed by atoms with Gasteiger partial charge in [0.1, 0.15) is 0 Å². The van der Waals surface area contributed by atoms with Gasteiger partial charge in [-0.3, -0.25) is 0 Å². The standard InChI is InChI=1S/C62H47N3/c1-43-14-11-16-48(40-43)45-28-34-52(35-29-45)64(53-36-30-46(31-37-53)49-17-12-19-51(41-49)63-60-25-8-5-22-57(60)56-21-4-3-15-44(56)2)54-38-32-47(33-39-54)50-18-13-20-55(42-50)65-61-26-9-6-23-58(61)59-24-7-10-27-62(59)65/h3-42,63H,1-2H3. The second-order valence-corrected chi connectivity index (χ2v) is 16.8. The van der Waals surface area contributed by atoms with Crippen molar-refractivity contribution in [2.45, 2.75) is 13.8 Å². The number of nitrogens with zero attached hydrogens (tertiary/aromatic N) is 2. The van der Waals surface area contributed by atoms with Crippen LogP contribution in [0.3, 0.4) is 0 Å². The molecule has 3 nitrogen and oxygen atoms in total. The summed E-state index contributed by atoms with van der Waals surface area (Å²) in [6.45, 7) is 4.31. The molecule has 65 heavy (non-hydrogen) atoms. The Hall–Kier alpha value is -8.40. The third kappa shape index (κ3) is 7.75. The molecular formula is C62H47N3. The second kappa shape index (κ2) is 17.0. The molecule has 310 valence electrons. The summed E-state index contributed by atoms with van der Waals surface area (Å²) in [6, 6.07) is 87.6. The number of hydrogen-bond acceptors (Lipinski definition) is 2. The van der Waals surface area contributed by atoms with E-state index in [4.69, 9.17) is 0 Å². The molecule has 0 aliphatic carbocycles. The SMILES string of the molecule is Cc1cccc(-c2ccc(N(c3ccc(-c4cccc(Nc5ccccc5-c5ccccc5C)c4)cc3)c3ccc(-c4cccc(-n5c6ccccc6c6ccccc65)c4)cc3)cc2)c1. The third-order valence-corrected chi connectivity index (χ3v) is 12.6. The van der Waals surface area contributed by atoms with E-state index in [1.54, 1.807) is 0 Å². The van der Waals surface area contributed by atoms with Crippen LogP contribution in [-0.4, -0.2) is 4.57 Å². The molecule has 0 atom stereocenters. The number of aryl methyl sites for hydroxylation is 2. The lowest BCUT2D eigenvalue weighted by Crippen LogP contribution is -2.09. The lowest BCUT2D eigenvalue weighted by Gasteiger charge is -2.26. The van der Waals surface area contributed by atoms with Gasteiger partial charge in [-0.2, -0.15) is 0 Å². The number of anilines is 5. The average Bonchev–Trinajstić information content (AvgIpc) is 3.70. The molecule has 10 aromatic carbocycles. The molecule has 0 spiro atoms. The molecule has 1 N–H and O–H groups in total. The van der Waals surface area contributed by atoms with Gasteiger partial charge in [-0.25, -0.2) is 0 Å². The summed E-state index contributed by atoms with van der Waals surface area (Å²) in [5.41, 5.74) is 20.9. The Morgan fingerprint density at radius 1 is 0.354 bits per heavy atom. The Labute approximate surface area is 381 Å². The molecule has 0 radical (unpaired) electrons. The van der Waals surface area contributed by atoms with Gasteiger partial charge in [0.25, 0.3) is 0 Å². The van der Waals surface area contributed by atoms with E-state index in [1.807, 2.05) is 0 Å². The summed E-state index contributed by atoms with van der Waals surface area (Å²) < 4.78 is 2.38. The van der Waals surface area contributed by atoms with Crippen molar-refractivity contribution in [3.63, 3.8) is 0 Å². The van der Waals surface area contributed by atoms with Crippen molar-refractivity contribution < 1.29 is 0 Å². The van der Waals surface area contributed by atoms with Crippen LogP contribution in [0.15, 0.2) is 243 Å². The largest absolute Gasteiger partial charge is 0.355 e. The molecule has 11 aromatic rings. The van der Waals surface area contributed by atoms with E-state index in [9.17, 15) is 0 Å². The zero-order valence-electron chi connectivity index (χ0n) is 36.5. The zero-order chi connectivity index (χ0) is 43.7. The molecule has 0 amide bonds. The van der Waals surface area contributed by atoms with E-state index in [-0.39, 0.29) is 0 Å². The summed E-state index contributed by atoms with van der Waals surface area (Å²) >= 11 is 0. The molecule has 0 aliphatic rings. The molecule has 0 bridgehead atoms. The highest BCUT2D eigenvalue weighted by Gasteiger charge is 2.16. The number of para-hydroxylation sites is 3. The van der Waals surface area contributed by atoms with Gasteiger partial charge in [0, 0.05) is 50.5 Å². The van der Waals surface area contributed by atoms with Crippen molar-refractivity contribution in [2.75, 3.05) is 10.2 Å². The highest BCUT2D eigenvalue weighted by Crippen LogP contribution is 2.40. The molecule has 0 aliphatic heterocycles. The highest BCUT2D eigenvalue weighted by molar-refractivity contribution is 6.09. The predicted molar refractivity (Wildman–Crippen MR) is 276 cm³/mol. The minimum Gasteiger partial charge on any atom is -0.355 e. The number of hydrogen-bond donors (Lipinski definition) is 1. The summed E-state index contributed by atoms with van der Waals surface area (Å²) in [6.07, 6.45) is 0. The van der Waals surface area contributed by atoms with Gasteiger partial charge in [-0.15, -0.1) is 0 Å². The average molecular weight is 834 g/mol. The number of aromatic nitrogens is 1. The zero-order valence-corrected chi connectivity index (χ0v) is 36.5. The van der Waals surface area contributed by atoms with Crippen molar-refractivity contribution in [1.29, 1.82) is 0 Å². The van der Waals surface area contributed by atoms with Crippen LogP contribution in [0.2, 0.25) is 0 Å². The summed E-state index contributed by atoms with van der Waals surface area (Å²) in [5.74, 6) is 0. The molecule has 1 aromatic heterocycles. The van der Waals surface area contributed by atoms with E-state index in [0.717, 1.165) is 50.8 Å². The lowest BCUT2D eigenvalue weighted by atomic mass is 9.98. The van der Waals surface area contributed by atoms with Gasteiger partial charge in [-0.1, -0.05) is 169 Å². The molecular weight excluding hydrogens is 787 g/mol. The van der Waals surface area contributed by atoms with E-state index >= 15 is 0 Å². The van der Waals surface area contributed by atoms with E-state index in [2.05, 4.69) is 271 Å². The summed E-state index contributed by atoms with van der Waals surface area (Å²) in [7, 11) is 0. The maximum Gasteiger partial charge on any atom is 0.0541 e. The minimum atomic E-state index is 1.05. The normalized spacial score (nSPS) is 11.2. The van der Waals surface area contributed by atoms with Gasteiger partial charge in [0.15, 0.2) is 0 Å². The van der Waals surface area contributed by atoms with Crippen molar-refractivity contribution in [2.24, 2.45) is 0 Å². The predicted octanol–water partition coefficient (Wildman–Crippen LogP) is 17.3. The first-order chi connectivity index (χ1) is 32.0. The fourth-order valence-corrected chi connectivity index (χ4v) is 9.34. The molecule has 3 heteroatoms. The fraction of sp³-hybridized carbons (Fsp3) is 0.0323. The van der Waals surface area contributed by atoms with Gasteiger partial charge in [0.05, 0.1) is 11.0 Å². The van der Waals surface area contributed by atoms with Crippen LogP contribution in [0.1, 0.15) is 11.1 Å². The molecule has 0 saturated heterocycles. The van der Waals surface area contributed by atoms with Crippen LogP contribution in [-0.2, 0) is 0 Å². The van der Waals surface area contributed by atoms with Gasteiger partial charge in [0.2, 0.25) is 0 Å². The topological polar surface area (TPSA) is 20.2 Å². The van der Waals surface area contributed by atoms with Crippen LogP contribution < -0.4 is 10.2 Å². The molecule has 0 unspecified atom stereocenters. The Morgan fingerprint density at radius 3 is 1.42 bits per heavy atom. The molecule has 11 rings (SSSR count). The first-order valence-corrected chi connectivity index (χ1v) is 22.3. The van der Waals surface area contributed by atoms with E-state index in [0.29, 0.717) is 0 Å². The Morgan fingerprint density at radius 2 is 0.831 bits per heavy atom. The molecule has 0 fully saturated rings. The van der Waals surface area contributed by atoms with Crippen LogP contribution in [0.25, 0.3) is 72.0 Å². The molecule has 0 saturated carbocycles. The van der Waals surface area contributed by atoms with Crippen LogP contribution >= 0.6 is 0 Å². The Bertz CT molecular complexity index is 3420. The van der Waals surface area contributed by atoms with Crippen molar-refractivity contribution in [3.05, 3.63) is 254 Å². The quantitative estimate of drug-likeness (QED) is 0.148. The first-order valence-electron chi connectivity index (χ1n) is 22.3. The maximum atomic E-state index is 3.73. The number of rotatable bonds is 10. The second-order valence-electron chi connectivity index (χ2n) is 16.8. The van der Waals surface area contributed by atoms with Crippen molar-refractivity contribution >= 4 is 50.2 Å². The van der Waals surface area contributed by atoms with E-state index < -0.39 is 0 Å². The third-order valence-electron chi connectivity index (χ3n) is 12.6. The van der Waals surface area contributed by atoms with Crippen molar-refractivity contribution in [1.82, 2.24) is 4.57 Å². The van der Waals surface area contributed by atoms with Crippen LogP contribution in [0.5, 0.6) is 0 Å². The smallest absolute Gasteiger partial charge is 0.0541 e. The highest BCUT2D eigenvalue weighted by atomic mass is 15.1. The molecule has 1 heterocycles. The number of benzene rings is 10. The minimum absolute atomic E-state index is 1.05. The Kier molecular flexibility index (Phi) is 10.3. The van der Waals surface area contributed by atoms with Gasteiger partial charge < -0.3 is 14.8 Å². The fourth-order valence-electron chi connectivity index (χ4n) is 9.34. The van der Waals surface area contributed by atoms with Crippen LogP contribution in [0.4, 0.5) is 28.4 Å².